The van der Waals surface area contributed by atoms with Crippen LogP contribution in [0.25, 0.3) is 17.2 Å². The summed E-state index contributed by atoms with van der Waals surface area (Å²) in [5.41, 5.74) is 2.68. The number of hydrogen-bond donors (Lipinski definition) is 0. The molecular weight excluding hydrogens is 276 g/mol. The van der Waals surface area contributed by atoms with Gasteiger partial charge in [-0.25, -0.2) is 15.0 Å². The number of hydrogen-bond acceptors (Lipinski definition) is 5. The van der Waals surface area contributed by atoms with Crippen LogP contribution >= 0.6 is 0 Å². The van der Waals surface area contributed by atoms with Crippen molar-refractivity contribution < 1.29 is 0 Å². The van der Waals surface area contributed by atoms with Gasteiger partial charge in [0, 0.05) is 31.7 Å². The summed E-state index contributed by atoms with van der Waals surface area (Å²) in [5, 5.41) is 0. The van der Waals surface area contributed by atoms with E-state index in [0.717, 1.165) is 41.8 Å². The Morgan fingerprint density at radius 2 is 1.91 bits per heavy atom. The van der Waals surface area contributed by atoms with Gasteiger partial charge in [-0.2, -0.15) is 0 Å². The molecule has 1 saturated heterocycles. The molecular formula is C16H18N6. The molecule has 6 nitrogen and oxygen atoms in total. The lowest BCUT2D eigenvalue weighted by Crippen LogP contribution is -2.30. The van der Waals surface area contributed by atoms with E-state index in [4.69, 9.17) is 4.98 Å². The smallest absolute Gasteiger partial charge is 0.180 e. The maximum atomic E-state index is 4.78. The van der Waals surface area contributed by atoms with Crippen molar-refractivity contribution in [3.05, 3.63) is 36.5 Å². The van der Waals surface area contributed by atoms with Crippen LogP contribution in [0.1, 0.15) is 25.0 Å². The van der Waals surface area contributed by atoms with Crippen LogP contribution in [-0.2, 0) is 0 Å². The minimum atomic E-state index is 0.722. The Morgan fingerprint density at radius 3 is 2.77 bits per heavy atom. The van der Waals surface area contributed by atoms with E-state index in [0.29, 0.717) is 0 Å². The highest BCUT2D eigenvalue weighted by Gasteiger charge is 2.17. The van der Waals surface area contributed by atoms with Crippen molar-refractivity contribution in [2.24, 2.45) is 0 Å². The Balaban J connectivity index is 1.80. The Kier molecular flexibility index (Phi) is 3.21. The molecule has 0 saturated carbocycles. The third-order valence-corrected chi connectivity index (χ3v) is 4.14. The molecule has 0 bridgehead atoms. The topological polar surface area (TPSA) is 59.2 Å². The van der Waals surface area contributed by atoms with Crippen LogP contribution < -0.4 is 4.90 Å². The average Bonchev–Trinajstić information content (AvgIpc) is 2.91. The highest BCUT2D eigenvalue weighted by molar-refractivity contribution is 5.61. The van der Waals surface area contributed by atoms with E-state index in [9.17, 15) is 0 Å². The lowest BCUT2D eigenvalue weighted by molar-refractivity contribution is 0.573. The summed E-state index contributed by atoms with van der Waals surface area (Å²) >= 11 is 0. The second-order valence-corrected chi connectivity index (χ2v) is 5.64. The molecule has 0 radical (unpaired) electrons. The van der Waals surface area contributed by atoms with E-state index in [1.165, 1.54) is 19.3 Å². The molecule has 4 heterocycles. The van der Waals surface area contributed by atoms with Crippen molar-refractivity contribution in [2.75, 3.05) is 18.0 Å². The molecule has 0 amide bonds. The van der Waals surface area contributed by atoms with Gasteiger partial charge in [0.25, 0.3) is 0 Å². The number of imidazole rings is 1. The number of fused-ring (bicyclic) bond motifs is 1. The first-order valence-electron chi connectivity index (χ1n) is 7.70. The predicted molar refractivity (Wildman–Crippen MR) is 84.8 cm³/mol. The zero-order valence-corrected chi connectivity index (χ0v) is 12.6. The van der Waals surface area contributed by atoms with Crippen molar-refractivity contribution in [3.63, 3.8) is 0 Å². The molecule has 3 aromatic rings. The molecule has 0 aromatic carbocycles. The first-order chi connectivity index (χ1) is 10.8. The summed E-state index contributed by atoms with van der Waals surface area (Å²) in [7, 11) is 0. The Hall–Kier alpha value is -2.50. The minimum Gasteiger partial charge on any atom is -0.357 e. The molecule has 22 heavy (non-hydrogen) atoms. The van der Waals surface area contributed by atoms with Crippen LogP contribution in [0.5, 0.6) is 0 Å². The normalized spacial score (nSPS) is 15.4. The van der Waals surface area contributed by atoms with Crippen molar-refractivity contribution in [1.29, 1.82) is 0 Å². The molecule has 3 aromatic heterocycles. The summed E-state index contributed by atoms with van der Waals surface area (Å²) in [4.78, 5) is 20.3. The van der Waals surface area contributed by atoms with Gasteiger partial charge >= 0.3 is 0 Å². The summed E-state index contributed by atoms with van der Waals surface area (Å²) in [5.74, 6) is 1.73. The monoisotopic (exact) mass is 294 g/mol. The largest absolute Gasteiger partial charge is 0.357 e. The summed E-state index contributed by atoms with van der Waals surface area (Å²) in [6, 6.07) is 1.99. The molecule has 0 unspecified atom stereocenters. The van der Waals surface area contributed by atoms with Crippen LogP contribution in [0.15, 0.2) is 30.9 Å². The number of nitrogens with zero attached hydrogens (tertiary/aromatic N) is 6. The van der Waals surface area contributed by atoms with Gasteiger partial charge in [-0.05, 0) is 32.3 Å². The fourth-order valence-corrected chi connectivity index (χ4v) is 3.06. The maximum Gasteiger partial charge on any atom is 0.180 e. The summed E-state index contributed by atoms with van der Waals surface area (Å²) in [6.45, 7) is 4.14. The fourth-order valence-electron chi connectivity index (χ4n) is 3.06. The zero-order valence-electron chi connectivity index (χ0n) is 12.6. The third-order valence-electron chi connectivity index (χ3n) is 4.14. The molecule has 0 atom stereocenters. The van der Waals surface area contributed by atoms with E-state index in [-0.39, 0.29) is 0 Å². The maximum absolute atomic E-state index is 4.78. The van der Waals surface area contributed by atoms with Crippen LogP contribution in [0.3, 0.4) is 0 Å². The summed E-state index contributed by atoms with van der Waals surface area (Å²) in [6.07, 6.45) is 11.0. The van der Waals surface area contributed by atoms with Crippen molar-refractivity contribution in [3.8, 4) is 11.5 Å². The second-order valence-electron chi connectivity index (χ2n) is 5.64. The number of rotatable bonds is 2. The van der Waals surface area contributed by atoms with Gasteiger partial charge in [0.2, 0.25) is 0 Å². The lowest BCUT2D eigenvalue weighted by atomic mass is 10.1. The van der Waals surface area contributed by atoms with Gasteiger partial charge in [-0.3, -0.25) is 9.38 Å². The molecule has 1 fully saturated rings. The molecule has 6 heteroatoms. The fraction of sp³-hybridized carbons (Fsp3) is 0.375. The first-order valence-corrected chi connectivity index (χ1v) is 7.70. The zero-order chi connectivity index (χ0) is 14.9. The van der Waals surface area contributed by atoms with E-state index >= 15 is 0 Å². The average molecular weight is 294 g/mol. The number of aromatic nitrogens is 5. The number of piperidine rings is 1. The number of anilines is 1. The van der Waals surface area contributed by atoms with E-state index in [2.05, 4.69) is 19.9 Å². The molecule has 0 aliphatic carbocycles. The quantitative estimate of drug-likeness (QED) is 0.726. The first kappa shape index (κ1) is 13.2. The van der Waals surface area contributed by atoms with Gasteiger partial charge in [0.15, 0.2) is 11.5 Å². The SMILES string of the molecule is Cc1nc2cnccn2c1-c1nccc(N2CCCCC2)n1. The minimum absolute atomic E-state index is 0.722. The Morgan fingerprint density at radius 1 is 1.05 bits per heavy atom. The molecule has 0 spiro atoms. The molecule has 112 valence electrons. The van der Waals surface area contributed by atoms with Gasteiger partial charge in [0.1, 0.15) is 11.5 Å². The predicted octanol–water partition coefficient (Wildman–Crippen LogP) is 2.49. The van der Waals surface area contributed by atoms with Gasteiger partial charge in [-0.15, -0.1) is 0 Å². The Bertz CT molecular complexity index is 803. The van der Waals surface area contributed by atoms with E-state index in [1.54, 1.807) is 12.4 Å². The second kappa shape index (κ2) is 5.36. The highest BCUT2D eigenvalue weighted by atomic mass is 15.2. The van der Waals surface area contributed by atoms with Gasteiger partial charge < -0.3 is 4.90 Å². The van der Waals surface area contributed by atoms with Crippen LogP contribution in [0, 0.1) is 6.92 Å². The van der Waals surface area contributed by atoms with E-state index in [1.807, 2.05) is 29.8 Å². The molecule has 4 rings (SSSR count). The highest BCUT2D eigenvalue weighted by Crippen LogP contribution is 2.24. The molecule has 0 N–H and O–H groups in total. The van der Waals surface area contributed by atoms with Crippen LogP contribution in [0.2, 0.25) is 0 Å². The van der Waals surface area contributed by atoms with Gasteiger partial charge in [0.05, 0.1) is 11.9 Å². The van der Waals surface area contributed by atoms with Crippen molar-refractivity contribution in [2.45, 2.75) is 26.2 Å². The molecule has 1 aliphatic heterocycles. The van der Waals surface area contributed by atoms with Crippen LogP contribution in [-0.4, -0.2) is 37.4 Å². The standard InChI is InChI=1S/C16H18N6/c1-12-15(22-10-7-17-11-14(22)19-12)16-18-6-5-13(20-16)21-8-3-2-4-9-21/h5-7,10-11H,2-4,8-9H2,1H3. The number of aryl methyl sites for hydroxylation is 1. The van der Waals surface area contributed by atoms with Gasteiger partial charge in [-0.1, -0.05) is 0 Å². The lowest BCUT2D eigenvalue weighted by Gasteiger charge is -2.27. The van der Waals surface area contributed by atoms with Crippen molar-refractivity contribution in [1.82, 2.24) is 24.3 Å². The third kappa shape index (κ3) is 2.20. The van der Waals surface area contributed by atoms with E-state index < -0.39 is 0 Å². The van der Waals surface area contributed by atoms with Crippen molar-refractivity contribution >= 4 is 11.5 Å². The Labute approximate surface area is 128 Å². The van der Waals surface area contributed by atoms with Crippen LogP contribution in [0.4, 0.5) is 5.82 Å². The summed E-state index contributed by atoms with van der Waals surface area (Å²) < 4.78 is 2.00. The molecule has 1 aliphatic rings.